The molecule has 0 aliphatic heterocycles. The fourth-order valence-electron chi connectivity index (χ4n) is 2.09. The van der Waals surface area contributed by atoms with Gasteiger partial charge in [-0.3, -0.25) is 4.79 Å². The number of carbonyl (C=O) groups excluding carboxylic acids is 1. The normalized spacial score (nSPS) is 31.3. The van der Waals surface area contributed by atoms with Crippen LogP contribution in [0.1, 0.15) is 25.7 Å². The van der Waals surface area contributed by atoms with Crippen LogP contribution in [0.25, 0.3) is 0 Å². The van der Waals surface area contributed by atoms with E-state index in [1.807, 2.05) is 0 Å². The standard InChI is InChI=1S/C9H15NO2/c1-12-8(11)7(10)4-6-5-9(6)2-3-9/h6-7H,2-5,10H2,1H3. The fraction of sp³-hybridized carbons (Fsp3) is 0.889. The summed E-state index contributed by atoms with van der Waals surface area (Å²) in [5.41, 5.74) is 6.29. The van der Waals surface area contributed by atoms with Crippen molar-refractivity contribution in [2.24, 2.45) is 17.1 Å². The van der Waals surface area contributed by atoms with Gasteiger partial charge in [0, 0.05) is 0 Å². The minimum absolute atomic E-state index is 0.266. The Morgan fingerprint density at radius 3 is 2.83 bits per heavy atom. The van der Waals surface area contributed by atoms with Gasteiger partial charge in [-0.15, -0.1) is 0 Å². The maximum absolute atomic E-state index is 11.0. The van der Waals surface area contributed by atoms with Crippen molar-refractivity contribution in [1.29, 1.82) is 0 Å². The number of methoxy groups -OCH3 is 1. The van der Waals surface area contributed by atoms with Gasteiger partial charge < -0.3 is 10.5 Å². The Morgan fingerprint density at radius 1 is 1.75 bits per heavy atom. The lowest BCUT2D eigenvalue weighted by atomic mass is 10.1. The molecule has 3 heteroatoms. The van der Waals surface area contributed by atoms with Crippen LogP contribution >= 0.6 is 0 Å². The third-order valence-corrected chi connectivity index (χ3v) is 3.29. The molecule has 2 atom stereocenters. The second-order valence-electron chi connectivity index (χ2n) is 4.13. The molecule has 2 fully saturated rings. The van der Waals surface area contributed by atoms with E-state index in [1.165, 1.54) is 26.4 Å². The van der Waals surface area contributed by atoms with E-state index in [-0.39, 0.29) is 12.0 Å². The summed E-state index contributed by atoms with van der Waals surface area (Å²) in [5, 5.41) is 0. The second-order valence-corrected chi connectivity index (χ2v) is 4.13. The lowest BCUT2D eigenvalue weighted by Crippen LogP contribution is -2.32. The summed E-state index contributed by atoms with van der Waals surface area (Å²) in [5.74, 6) is 0.448. The quantitative estimate of drug-likeness (QED) is 0.632. The van der Waals surface area contributed by atoms with Crippen LogP contribution in [0.3, 0.4) is 0 Å². The first kappa shape index (κ1) is 8.05. The molecule has 2 unspecified atom stereocenters. The molecule has 0 heterocycles. The first-order valence-corrected chi connectivity index (χ1v) is 4.51. The predicted molar refractivity (Wildman–Crippen MR) is 44.4 cm³/mol. The molecule has 0 amide bonds. The third kappa shape index (κ3) is 1.22. The van der Waals surface area contributed by atoms with Gasteiger partial charge in [0.05, 0.1) is 7.11 Å². The van der Waals surface area contributed by atoms with Crippen LogP contribution in [-0.2, 0) is 9.53 Å². The maximum Gasteiger partial charge on any atom is 0.322 e. The molecular formula is C9H15NO2. The van der Waals surface area contributed by atoms with E-state index >= 15 is 0 Å². The fourth-order valence-corrected chi connectivity index (χ4v) is 2.09. The zero-order valence-electron chi connectivity index (χ0n) is 7.38. The molecule has 68 valence electrons. The van der Waals surface area contributed by atoms with Crippen molar-refractivity contribution in [2.75, 3.05) is 7.11 Å². The summed E-state index contributed by atoms with van der Waals surface area (Å²) in [7, 11) is 1.39. The van der Waals surface area contributed by atoms with E-state index in [0.29, 0.717) is 11.3 Å². The van der Waals surface area contributed by atoms with Crippen molar-refractivity contribution in [1.82, 2.24) is 0 Å². The van der Waals surface area contributed by atoms with Crippen molar-refractivity contribution in [3.8, 4) is 0 Å². The summed E-state index contributed by atoms with van der Waals surface area (Å²) in [6.45, 7) is 0. The molecule has 1 spiro atoms. The molecule has 2 rings (SSSR count). The first-order chi connectivity index (χ1) is 5.68. The van der Waals surface area contributed by atoms with Gasteiger partial charge in [-0.05, 0) is 37.0 Å². The van der Waals surface area contributed by atoms with Crippen LogP contribution in [0.15, 0.2) is 0 Å². The SMILES string of the molecule is COC(=O)C(N)CC1CC12CC2. The average molecular weight is 169 g/mol. The highest BCUT2D eigenvalue weighted by Gasteiger charge is 2.62. The van der Waals surface area contributed by atoms with Gasteiger partial charge in [0.25, 0.3) is 0 Å². The Morgan fingerprint density at radius 2 is 2.42 bits per heavy atom. The highest BCUT2D eigenvalue weighted by molar-refractivity contribution is 5.75. The molecule has 2 saturated carbocycles. The summed E-state index contributed by atoms with van der Waals surface area (Å²) >= 11 is 0. The van der Waals surface area contributed by atoms with Crippen LogP contribution in [0.5, 0.6) is 0 Å². The minimum Gasteiger partial charge on any atom is -0.468 e. The molecule has 2 aliphatic carbocycles. The van der Waals surface area contributed by atoms with Crippen molar-refractivity contribution in [3.05, 3.63) is 0 Å². The van der Waals surface area contributed by atoms with E-state index in [2.05, 4.69) is 4.74 Å². The van der Waals surface area contributed by atoms with Gasteiger partial charge in [-0.1, -0.05) is 0 Å². The van der Waals surface area contributed by atoms with E-state index in [9.17, 15) is 4.79 Å². The Labute approximate surface area is 72.3 Å². The summed E-state index contributed by atoms with van der Waals surface area (Å²) in [6.07, 6.45) is 4.82. The van der Waals surface area contributed by atoms with Gasteiger partial charge >= 0.3 is 5.97 Å². The van der Waals surface area contributed by atoms with Crippen molar-refractivity contribution < 1.29 is 9.53 Å². The third-order valence-electron chi connectivity index (χ3n) is 3.29. The molecule has 2 aliphatic rings. The minimum atomic E-state index is -0.389. The van der Waals surface area contributed by atoms with Crippen molar-refractivity contribution in [2.45, 2.75) is 31.7 Å². The molecule has 12 heavy (non-hydrogen) atoms. The average Bonchev–Trinajstić information content (AvgIpc) is 2.94. The molecule has 0 saturated heterocycles. The molecule has 0 aromatic carbocycles. The number of hydrogen-bond donors (Lipinski definition) is 1. The maximum atomic E-state index is 11.0. The van der Waals surface area contributed by atoms with Crippen LogP contribution in [0.4, 0.5) is 0 Å². The number of esters is 1. The van der Waals surface area contributed by atoms with Gasteiger partial charge in [0.2, 0.25) is 0 Å². The monoisotopic (exact) mass is 169 g/mol. The van der Waals surface area contributed by atoms with Crippen molar-refractivity contribution in [3.63, 3.8) is 0 Å². The molecule has 3 nitrogen and oxygen atoms in total. The topological polar surface area (TPSA) is 52.3 Å². The first-order valence-electron chi connectivity index (χ1n) is 4.51. The molecule has 0 aromatic rings. The highest BCUT2D eigenvalue weighted by Crippen LogP contribution is 2.71. The predicted octanol–water partition coefficient (Wildman–Crippen LogP) is 0.677. The largest absolute Gasteiger partial charge is 0.468 e. The lowest BCUT2D eigenvalue weighted by Gasteiger charge is -2.07. The van der Waals surface area contributed by atoms with E-state index in [4.69, 9.17) is 5.73 Å². The number of hydrogen-bond acceptors (Lipinski definition) is 3. The van der Waals surface area contributed by atoms with Gasteiger partial charge in [-0.2, -0.15) is 0 Å². The van der Waals surface area contributed by atoms with E-state index in [1.54, 1.807) is 0 Å². The Hall–Kier alpha value is -0.570. The zero-order valence-corrected chi connectivity index (χ0v) is 7.38. The molecule has 0 aromatic heterocycles. The summed E-state index contributed by atoms with van der Waals surface area (Å²) in [6, 6.07) is -0.389. The van der Waals surface area contributed by atoms with Crippen LogP contribution in [-0.4, -0.2) is 19.1 Å². The van der Waals surface area contributed by atoms with E-state index < -0.39 is 0 Å². The molecule has 0 radical (unpaired) electrons. The summed E-state index contributed by atoms with van der Waals surface area (Å²) < 4.78 is 4.57. The molecular weight excluding hydrogens is 154 g/mol. The molecule has 0 bridgehead atoms. The Bertz CT molecular complexity index is 211. The number of rotatable bonds is 3. The number of ether oxygens (including phenoxy) is 1. The Balaban J connectivity index is 1.76. The lowest BCUT2D eigenvalue weighted by molar-refractivity contribution is -0.142. The Kier molecular flexibility index (Phi) is 1.65. The van der Waals surface area contributed by atoms with Crippen LogP contribution < -0.4 is 5.73 Å². The van der Waals surface area contributed by atoms with Gasteiger partial charge in [-0.25, -0.2) is 0 Å². The second kappa shape index (κ2) is 2.46. The van der Waals surface area contributed by atoms with E-state index in [0.717, 1.165) is 6.42 Å². The highest BCUT2D eigenvalue weighted by atomic mass is 16.5. The van der Waals surface area contributed by atoms with Crippen molar-refractivity contribution >= 4 is 5.97 Å². The molecule has 2 N–H and O–H groups in total. The number of nitrogens with two attached hydrogens (primary N) is 1. The van der Waals surface area contributed by atoms with Crippen LogP contribution in [0.2, 0.25) is 0 Å². The zero-order chi connectivity index (χ0) is 8.77. The number of carbonyl (C=O) groups is 1. The van der Waals surface area contributed by atoms with Crippen LogP contribution in [0, 0.1) is 11.3 Å². The van der Waals surface area contributed by atoms with Gasteiger partial charge in [0.1, 0.15) is 6.04 Å². The smallest absolute Gasteiger partial charge is 0.322 e. The summed E-state index contributed by atoms with van der Waals surface area (Å²) in [4.78, 5) is 11.0. The van der Waals surface area contributed by atoms with Gasteiger partial charge in [0.15, 0.2) is 0 Å².